The standard InChI is InChI=1S/C15H13F3N2O3/c1-2-3-4-11(21)12(22)9-5-7-10(8-6-9)13-19-14(23-20-13)15(16,17)18/h5-8H,2-4H2,1H3. The molecule has 0 unspecified atom stereocenters. The third-order valence-electron chi connectivity index (χ3n) is 3.08. The summed E-state index contributed by atoms with van der Waals surface area (Å²) in [7, 11) is 0. The van der Waals surface area contributed by atoms with Crippen LogP contribution in [0, 0.1) is 0 Å². The Morgan fingerprint density at radius 3 is 2.35 bits per heavy atom. The molecule has 1 aromatic heterocycles. The molecule has 0 saturated heterocycles. The Kier molecular flexibility index (Phi) is 4.92. The number of Topliss-reactive ketones (excluding diaryl/α,β-unsaturated/α-hetero) is 2. The maximum Gasteiger partial charge on any atom is 0.471 e. The number of hydrogen-bond acceptors (Lipinski definition) is 5. The van der Waals surface area contributed by atoms with E-state index in [9.17, 15) is 22.8 Å². The van der Waals surface area contributed by atoms with Crippen LogP contribution in [0.25, 0.3) is 11.4 Å². The number of nitrogens with zero attached hydrogens (tertiary/aromatic N) is 2. The van der Waals surface area contributed by atoms with Crippen molar-refractivity contribution in [3.63, 3.8) is 0 Å². The van der Waals surface area contributed by atoms with E-state index in [-0.39, 0.29) is 23.4 Å². The molecule has 122 valence electrons. The summed E-state index contributed by atoms with van der Waals surface area (Å²) in [5.41, 5.74) is 0.427. The molecule has 0 atom stereocenters. The molecule has 0 aliphatic carbocycles. The van der Waals surface area contributed by atoms with Crippen molar-refractivity contribution in [2.45, 2.75) is 32.4 Å². The number of aromatic nitrogens is 2. The second-order valence-electron chi connectivity index (χ2n) is 4.85. The lowest BCUT2D eigenvalue weighted by molar-refractivity contribution is -0.159. The summed E-state index contributed by atoms with van der Waals surface area (Å²) in [6.07, 6.45) is -3.10. The molecule has 8 heteroatoms. The number of hydrogen-bond donors (Lipinski definition) is 0. The number of unbranched alkanes of at least 4 members (excludes halogenated alkanes) is 1. The van der Waals surface area contributed by atoms with Gasteiger partial charge in [-0.3, -0.25) is 9.59 Å². The normalized spacial score (nSPS) is 11.5. The molecule has 5 nitrogen and oxygen atoms in total. The molecule has 1 heterocycles. The quantitative estimate of drug-likeness (QED) is 0.598. The number of ketones is 2. The number of carbonyl (C=O) groups excluding carboxylic acids is 2. The highest BCUT2D eigenvalue weighted by atomic mass is 19.4. The Balaban J connectivity index is 2.15. The smallest absolute Gasteiger partial charge is 0.329 e. The monoisotopic (exact) mass is 326 g/mol. The largest absolute Gasteiger partial charge is 0.471 e. The Bertz CT molecular complexity index is 706. The van der Waals surface area contributed by atoms with Gasteiger partial charge >= 0.3 is 12.1 Å². The first kappa shape index (κ1) is 16.9. The molecule has 2 rings (SSSR count). The summed E-state index contributed by atoms with van der Waals surface area (Å²) in [6, 6.07) is 5.44. The van der Waals surface area contributed by atoms with Gasteiger partial charge in [-0.05, 0) is 6.42 Å². The number of halogens is 3. The highest BCUT2D eigenvalue weighted by Crippen LogP contribution is 2.29. The van der Waals surface area contributed by atoms with E-state index in [2.05, 4.69) is 14.7 Å². The molecular formula is C15H13F3N2O3. The van der Waals surface area contributed by atoms with Gasteiger partial charge in [-0.25, -0.2) is 0 Å². The van der Waals surface area contributed by atoms with Gasteiger partial charge in [0.25, 0.3) is 0 Å². The summed E-state index contributed by atoms with van der Waals surface area (Å²) in [6.45, 7) is 1.91. The predicted octanol–water partition coefficient (Wildman–Crippen LogP) is 3.70. The fourth-order valence-corrected chi connectivity index (χ4v) is 1.84. The molecule has 0 spiro atoms. The van der Waals surface area contributed by atoms with E-state index < -0.39 is 23.6 Å². The van der Waals surface area contributed by atoms with Gasteiger partial charge in [-0.2, -0.15) is 18.2 Å². The molecule has 0 bridgehead atoms. The van der Waals surface area contributed by atoms with Crippen molar-refractivity contribution in [1.29, 1.82) is 0 Å². The molecule has 0 saturated carbocycles. The summed E-state index contributed by atoms with van der Waals surface area (Å²) in [5.74, 6) is -2.79. The number of rotatable bonds is 6. The van der Waals surface area contributed by atoms with Gasteiger partial charge in [0.15, 0.2) is 0 Å². The minimum atomic E-state index is -4.72. The number of benzene rings is 1. The van der Waals surface area contributed by atoms with Gasteiger partial charge in [0.05, 0.1) is 0 Å². The number of alkyl halides is 3. The Hall–Kier alpha value is -2.51. The van der Waals surface area contributed by atoms with Crippen molar-refractivity contribution in [3.8, 4) is 11.4 Å². The third-order valence-corrected chi connectivity index (χ3v) is 3.08. The van der Waals surface area contributed by atoms with Crippen molar-refractivity contribution in [1.82, 2.24) is 10.1 Å². The molecular weight excluding hydrogens is 313 g/mol. The van der Waals surface area contributed by atoms with Crippen LogP contribution in [-0.2, 0) is 11.0 Å². The van der Waals surface area contributed by atoms with Crippen molar-refractivity contribution < 1.29 is 27.3 Å². The van der Waals surface area contributed by atoms with Gasteiger partial charge in [-0.1, -0.05) is 42.8 Å². The average molecular weight is 326 g/mol. The van der Waals surface area contributed by atoms with Crippen LogP contribution in [0.1, 0.15) is 42.4 Å². The molecule has 0 aliphatic heterocycles. The fraction of sp³-hybridized carbons (Fsp3) is 0.333. The molecule has 0 N–H and O–H groups in total. The van der Waals surface area contributed by atoms with E-state index in [4.69, 9.17) is 0 Å². The predicted molar refractivity (Wildman–Crippen MR) is 73.6 cm³/mol. The Morgan fingerprint density at radius 2 is 1.83 bits per heavy atom. The molecule has 23 heavy (non-hydrogen) atoms. The first-order valence-electron chi connectivity index (χ1n) is 6.91. The summed E-state index contributed by atoms with van der Waals surface area (Å²) < 4.78 is 41.3. The highest BCUT2D eigenvalue weighted by Gasteiger charge is 2.38. The molecule has 1 aromatic carbocycles. The zero-order valence-electron chi connectivity index (χ0n) is 12.2. The van der Waals surface area contributed by atoms with E-state index in [0.29, 0.717) is 6.42 Å². The van der Waals surface area contributed by atoms with Crippen molar-refractivity contribution in [2.24, 2.45) is 0 Å². The third kappa shape index (κ3) is 4.02. The Morgan fingerprint density at radius 1 is 1.17 bits per heavy atom. The molecule has 0 aliphatic rings. The lowest BCUT2D eigenvalue weighted by Crippen LogP contribution is -2.13. The van der Waals surface area contributed by atoms with Crippen molar-refractivity contribution in [2.75, 3.05) is 0 Å². The van der Waals surface area contributed by atoms with Gasteiger partial charge in [0.2, 0.25) is 17.4 Å². The second kappa shape index (κ2) is 6.72. The van der Waals surface area contributed by atoms with Crippen molar-refractivity contribution >= 4 is 11.6 Å². The Labute approximate surface area is 129 Å². The first-order valence-corrected chi connectivity index (χ1v) is 6.91. The SMILES string of the molecule is CCCCC(=O)C(=O)c1ccc(-c2noc(C(F)(F)F)n2)cc1. The van der Waals surface area contributed by atoms with E-state index in [1.54, 1.807) is 0 Å². The van der Waals surface area contributed by atoms with E-state index in [0.717, 1.165) is 6.42 Å². The molecule has 2 aromatic rings. The van der Waals surface area contributed by atoms with Crippen LogP contribution in [0.2, 0.25) is 0 Å². The minimum absolute atomic E-state index is 0.175. The van der Waals surface area contributed by atoms with Crippen molar-refractivity contribution in [3.05, 3.63) is 35.7 Å². The lowest BCUT2D eigenvalue weighted by Gasteiger charge is -2.01. The topological polar surface area (TPSA) is 73.1 Å². The summed E-state index contributed by atoms with van der Waals surface area (Å²) in [4.78, 5) is 26.8. The fourth-order valence-electron chi connectivity index (χ4n) is 1.84. The minimum Gasteiger partial charge on any atom is -0.329 e. The van der Waals surface area contributed by atoms with Crippen LogP contribution in [0.3, 0.4) is 0 Å². The summed E-state index contributed by atoms with van der Waals surface area (Å²) >= 11 is 0. The van der Waals surface area contributed by atoms with Gasteiger partial charge in [-0.15, -0.1) is 0 Å². The maximum absolute atomic E-state index is 12.4. The average Bonchev–Trinajstić information content (AvgIpc) is 3.02. The zero-order valence-corrected chi connectivity index (χ0v) is 12.2. The molecule has 0 amide bonds. The van der Waals surface area contributed by atoms with Crippen LogP contribution >= 0.6 is 0 Å². The first-order chi connectivity index (χ1) is 10.8. The van der Waals surface area contributed by atoms with Crippen LogP contribution in [0.15, 0.2) is 28.8 Å². The van der Waals surface area contributed by atoms with Gasteiger partial charge < -0.3 is 4.52 Å². The van der Waals surface area contributed by atoms with Crippen LogP contribution < -0.4 is 0 Å². The van der Waals surface area contributed by atoms with Gasteiger partial charge in [0, 0.05) is 17.5 Å². The van der Waals surface area contributed by atoms with E-state index >= 15 is 0 Å². The zero-order chi connectivity index (χ0) is 17.0. The summed E-state index contributed by atoms with van der Waals surface area (Å²) in [5, 5.41) is 3.25. The van der Waals surface area contributed by atoms with Crippen LogP contribution in [-0.4, -0.2) is 21.7 Å². The van der Waals surface area contributed by atoms with E-state index in [1.165, 1.54) is 24.3 Å². The number of carbonyl (C=O) groups is 2. The van der Waals surface area contributed by atoms with Crippen LogP contribution in [0.5, 0.6) is 0 Å². The molecule has 0 radical (unpaired) electrons. The van der Waals surface area contributed by atoms with Gasteiger partial charge in [0.1, 0.15) is 0 Å². The lowest BCUT2D eigenvalue weighted by atomic mass is 10.0. The van der Waals surface area contributed by atoms with Crippen LogP contribution in [0.4, 0.5) is 13.2 Å². The second-order valence-corrected chi connectivity index (χ2v) is 4.85. The molecule has 0 fully saturated rings. The highest BCUT2D eigenvalue weighted by molar-refractivity contribution is 6.43. The maximum atomic E-state index is 12.4. The van der Waals surface area contributed by atoms with E-state index in [1.807, 2.05) is 6.92 Å².